The molecular weight excluding hydrogens is 762 g/mol. The van der Waals surface area contributed by atoms with Gasteiger partial charge >= 0.3 is 298 Å². The van der Waals surface area contributed by atoms with E-state index in [-0.39, 0.29) is 0 Å². The van der Waals surface area contributed by atoms with Crippen LogP contribution in [0.25, 0.3) is 0 Å². The molecule has 0 bridgehead atoms. The topological polar surface area (TPSA) is 0 Å². The SMILES string of the molecule is C[CH2][Ga]([C]#C[Si]1(c2ccccc2)C[Si](C#[C][Ga]([CH2]C)[CH2]C)(c2ccccc2)C[Si](C#[C][Ga]([CH2]C)[CH2]C)(c2ccccc2)C1)[CH2]C. The molecule has 0 nitrogen and oxygen atoms in total. The molecule has 1 fully saturated rings. The van der Waals surface area contributed by atoms with Crippen LogP contribution in [0, 0.1) is 30.1 Å². The second-order valence-electron chi connectivity index (χ2n) is 13.2. The van der Waals surface area contributed by atoms with E-state index in [1.54, 1.807) is 15.6 Å². The fraction of sp³-hybridized carbons (Fsp3) is 0.385. The molecule has 0 N–H and O–H groups in total. The summed E-state index contributed by atoms with van der Waals surface area (Å²) in [5.41, 5.74) is 16.8. The first-order chi connectivity index (χ1) is 21.9. The number of rotatable bonds is 9. The number of benzene rings is 3. The van der Waals surface area contributed by atoms with E-state index in [4.69, 9.17) is 0 Å². The third-order valence-electron chi connectivity index (χ3n) is 10.3. The van der Waals surface area contributed by atoms with Crippen LogP contribution in [0.4, 0.5) is 0 Å². The fourth-order valence-corrected chi connectivity index (χ4v) is 51.2. The van der Waals surface area contributed by atoms with Crippen molar-refractivity contribution in [2.24, 2.45) is 0 Å². The Kier molecular flexibility index (Phi) is 14.6. The maximum absolute atomic E-state index is 4.37. The first-order valence-corrected chi connectivity index (χ1v) is 38.8. The summed E-state index contributed by atoms with van der Waals surface area (Å²) in [5, 5.41) is 4.67. The molecule has 1 saturated heterocycles. The summed E-state index contributed by atoms with van der Waals surface area (Å²) in [6.07, 6.45) is 0. The minimum absolute atomic E-state index is 1.24. The summed E-state index contributed by atoms with van der Waals surface area (Å²) < 4.78 is 12.5. The van der Waals surface area contributed by atoms with Gasteiger partial charge in [0.15, 0.2) is 0 Å². The molecule has 0 spiro atoms. The van der Waals surface area contributed by atoms with Crippen LogP contribution < -0.4 is 15.6 Å². The van der Waals surface area contributed by atoms with Crippen LogP contribution in [-0.4, -0.2) is 72.9 Å². The van der Waals surface area contributed by atoms with Crippen molar-refractivity contribution in [1.82, 2.24) is 0 Å². The molecule has 3 aromatic carbocycles. The average molecular weight is 813 g/mol. The predicted molar refractivity (Wildman–Crippen MR) is 213 cm³/mol. The zero-order valence-electron chi connectivity index (χ0n) is 28.8. The van der Waals surface area contributed by atoms with Crippen molar-refractivity contribution in [1.29, 1.82) is 0 Å². The number of hydrogen-bond donors (Lipinski definition) is 0. The zero-order valence-corrected chi connectivity index (χ0v) is 39.0. The zero-order chi connectivity index (χ0) is 32.2. The molecule has 1 heterocycles. The van der Waals surface area contributed by atoms with Gasteiger partial charge in [0.25, 0.3) is 0 Å². The monoisotopic (exact) mass is 810 g/mol. The molecule has 4 rings (SSSR count). The Hall–Kier alpha value is -1.10. The van der Waals surface area contributed by atoms with E-state index < -0.39 is 72.9 Å². The standard InChI is InChI=1S/C27H21Si3.6C2H5.3Ga/c1-4-28(25-16-10-7-11-17-25)22-29(5-2,26-18-12-8-13-19-26)24-30(6-3,23-28)27-20-14-9-15-21-27;6*1-2;;;/h7-21H,22-24H2;6*1H2,2H3;;;. The summed E-state index contributed by atoms with van der Waals surface area (Å²) >= 11 is -4.93. The molecule has 0 aliphatic carbocycles. The van der Waals surface area contributed by atoms with Crippen molar-refractivity contribution in [3.8, 4) is 30.1 Å². The predicted octanol–water partition coefficient (Wildman–Crippen LogP) is 7.53. The Labute approximate surface area is 295 Å². The van der Waals surface area contributed by atoms with Crippen LogP contribution in [0.1, 0.15) is 41.5 Å². The summed E-state index contributed by atoms with van der Waals surface area (Å²) in [7, 11) is -6.99. The van der Waals surface area contributed by atoms with Crippen molar-refractivity contribution in [2.75, 3.05) is 0 Å². The molecule has 1 aliphatic rings. The van der Waals surface area contributed by atoms with Crippen LogP contribution in [0.5, 0.6) is 0 Å². The van der Waals surface area contributed by atoms with Crippen molar-refractivity contribution in [3.05, 3.63) is 91.0 Å². The Bertz CT molecular complexity index is 1330. The van der Waals surface area contributed by atoms with E-state index in [2.05, 4.69) is 163 Å². The number of hydrogen-bond acceptors (Lipinski definition) is 0. The summed E-state index contributed by atoms with van der Waals surface area (Å²) in [6, 6.07) is 35.0. The molecule has 228 valence electrons. The molecular formula is C39H51Ga3Si3. The van der Waals surface area contributed by atoms with Gasteiger partial charge in [-0.1, -0.05) is 0 Å². The van der Waals surface area contributed by atoms with Gasteiger partial charge in [-0.05, 0) is 0 Å². The first-order valence-electron chi connectivity index (χ1n) is 17.7. The summed E-state index contributed by atoms with van der Waals surface area (Å²) in [4.78, 5) is 7.85. The molecule has 0 atom stereocenters. The van der Waals surface area contributed by atoms with E-state index >= 15 is 0 Å². The Morgan fingerprint density at radius 2 is 0.622 bits per heavy atom. The van der Waals surface area contributed by atoms with Gasteiger partial charge in [0.05, 0.1) is 0 Å². The maximum atomic E-state index is 4.37. The van der Waals surface area contributed by atoms with Crippen LogP contribution in [0.3, 0.4) is 0 Å². The van der Waals surface area contributed by atoms with Crippen molar-refractivity contribution >= 4 is 88.4 Å². The fourth-order valence-electron chi connectivity index (χ4n) is 7.30. The van der Waals surface area contributed by atoms with E-state index in [0.29, 0.717) is 0 Å². The van der Waals surface area contributed by atoms with E-state index in [1.165, 1.54) is 46.9 Å². The molecule has 1 aliphatic heterocycles. The third kappa shape index (κ3) is 9.08. The van der Waals surface area contributed by atoms with Crippen molar-refractivity contribution in [3.63, 3.8) is 0 Å². The molecule has 0 saturated carbocycles. The second kappa shape index (κ2) is 17.9. The molecule has 3 aromatic rings. The Balaban J connectivity index is 2.15. The van der Waals surface area contributed by atoms with Gasteiger partial charge < -0.3 is 0 Å². The van der Waals surface area contributed by atoms with Gasteiger partial charge in [-0.3, -0.25) is 0 Å². The van der Waals surface area contributed by atoms with Gasteiger partial charge in [-0.25, -0.2) is 0 Å². The van der Waals surface area contributed by atoms with Gasteiger partial charge in [-0.15, -0.1) is 0 Å². The molecule has 0 aromatic heterocycles. The van der Waals surface area contributed by atoms with Gasteiger partial charge in [-0.2, -0.15) is 0 Å². The van der Waals surface area contributed by atoms with Gasteiger partial charge in [0.2, 0.25) is 0 Å². The summed E-state index contributed by atoms with van der Waals surface area (Å²) in [5.74, 6) is 0. The van der Waals surface area contributed by atoms with E-state index in [0.717, 1.165) is 0 Å². The summed E-state index contributed by atoms with van der Waals surface area (Å²) in [6.45, 7) is 14.4. The van der Waals surface area contributed by atoms with Crippen LogP contribution in [0.2, 0.25) is 46.9 Å². The normalized spacial score (nSPS) is 22.0. The van der Waals surface area contributed by atoms with Gasteiger partial charge in [0.1, 0.15) is 0 Å². The van der Waals surface area contributed by atoms with Crippen LogP contribution in [-0.2, 0) is 0 Å². The molecule has 0 radical (unpaired) electrons. The molecule has 45 heavy (non-hydrogen) atoms. The van der Waals surface area contributed by atoms with Crippen LogP contribution in [0.15, 0.2) is 91.0 Å². The average Bonchev–Trinajstić information content (AvgIpc) is 3.10. The van der Waals surface area contributed by atoms with E-state index in [9.17, 15) is 0 Å². The third-order valence-corrected chi connectivity index (χ3v) is 48.7. The van der Waals surface area contributed by atoms with Crippen LogP contribution >= 0.6 is 0 Å². The van der Waals surface area contributed by atoms with Crippen molar-refractivity contribution in [2.45, 2.75) is 88.4 Å². The quantitative estimate of drug-likeness (QED) is 0.155. The molecule has 0 amide bonds. The van der Waals surface area contributed by atoms with Gasteiger partial charge in [0, 0.05) is 0 Å². The molecule has 0 unspecified atom stereocenters. The first kappa shape index (κ1) is 36.7. The second-order valence-corrected chi connectivity index (χ2v) is 47.3. The Morgan fingerprint density at radius 1 is 0.400 bits per heavy atom. The van der Waals surface area contributed by atoms with E-state index in [1.807, 2.05) is 0 Å². The van der Waals surface area contributed by atoms with Crippen molar-refractivity contribution < 1.29 is 0 Å². The Morgan fingerprint density at radius 3 is 0.822 bits per heavy atom. The molecule has 6 heteroatoms. The minimum atomic E-state index is -2.33.